The fourth-order valence-electron chi connectivity index (χ4n) is 3.38. The van der Waals surface area contributed by atoms with Crippen LogP contribution in [0, 0.1) is 0 Å². The summed E-state index contributed by atoms with van der Waals surface area (Å²) in [6.07, 6.45) is 4.61. The maximum Gasteiger partial charge on any atom is 0.188 e. The summed E-state index contributed by atoms with van der Waals surface area (Å²) in [6.45, 7) is 7.27. The standard InChI is InChI=1S/C16H22NSi/c1-5-15-14-10-13-7-9-18(3,4)16(13)11-12(14)6-8-17(15)2/h6,8,10-11H,5,7,9H2,1-4H3/q+1. The van der Waals surface area contributed by atoms with Crippen LogP contribution in [0.5, 0.6) is 0 Å². The number of fused-ring (bicyclic) bond motifs is 2. The first-order valence-corrected chi connectivity index (χ1v) is 10.2. The quantitative estimate of drug-likeness (QED) is 0.545. The summed E-state index contributed by atoms with van der Waals surface area (Å²) in [5.41, 5.74) is 3.08. The predicted molar refractivity (Wildman–Crippen MR) is 80.1 cm³/mol. The first-order valence-electron chi connectivity index (χ1n) is 6.97. The molecule has 1 aliphatic heterocycles. The second-order valence-electron chi connectivity index (χ2n) is 6.21. The predicted octanol–water partition coefficient (Wildman–Crippen LogP) is 2.70. The zero-order chi connectivity index (χ0) is 12.9. The molecule has 2 aromatic rings. The van der Waals surface area contributed by atoms with Crippen LogP contribution in [0.3, 0.4) is 0 Å². The lowest BCUT2D eigenvalue weighted by atomic mass is 10.0. The minimum Gasteiger partial charge on any atom is -0.205 e. The minimum atomic E-state index is -1.13. The minimum absolute atomic E-state index is 1.10. The number of benzene rings is 1. The van der Waals surface area contributed by atoms with E-state index in [2.05, 4.69) is 56.0 Å². The number of rotatable bonds is 1. The SMILES string of the molecule is CCc1c2cc3c(cc2cc[n+]1C)[Si](C)(C)CC3. The Morgan fingerprint density at radius 3 is 2.78 bits per heavy atom. The van der Waals surface area contributed by atoms with E-state index in [0.29, 0.717) is 0 Å². The van der Waals surface area contributed by atoms with Gasteiger partial charge in [-0.15, -0.1) is 0 Å². The zero-order valence-electron chi connectivity index (χ0n) is 11.9. The first kappa shape index (κ1) is 11.9. The Labute approximate surface area is 110 Å². The highest BCUT2D eigenvalue weighted by atomic mass is 28.3. The van der Waals surface area contributed by atoms with E-state index in [-0.39, 0.29) is 0 Å². The molecular weight excluding hydrogens is 234 g/mol. The van der Waals surface area contributed by atoms with E-state index < -0.39 is 8.07 Å². The van der Waals surface area contributed by atoms with Crippen molar-refractivity contribution in [2.75, 3.05) is 0 Å². The summed E-state index contributed by atoms with van der Waals surface area (Å²) < 4.78 is 2.27. The second-order valence-corrected chi connectivity index (χ2v) is 11.0. The van der Waals surface area contributed by atoms with E-state index in [1.165, 1.54) is 28.9 Å². The van der Waals surface area contributed by atoms with Crippen LogP contribution in [0.1, 0.15) is 18.2 Å². The molecule has 0 unspecified atom stereocenters. The lowest BCUT2D eigenvalue weighted by Crippen LogP contribution is -2.38. The molecule has 0 amide bonds. The van der Waals surface area contributed by atoms with Gasteiger partial charge in [-0.25, -0.2) is 4.57 Å². The van der Waals surface area contributed by atoms with Crippen LogP contribution < -0.4 is 9.75 Å². The van der Waals surface area contributed by atoms with Gasteiger partial charge in [0.1, 0.15) is 7.05 Å². The number of aryl methyl sites for hydroxylation is 3. The van der Waals surface area contributed by atoms with Crippen molar-refractivity contribution < 1.29 is 4.57 Å². The maximum absolute atomic E-state index is 2.51. The van der Waals surface area contributed by atoms with Gasteiger partial charge in [0, 0.05) is 17.9 Å². The molecule has 94 valence electrons. The summed E-state index contributed by atoms with van der Waals surface area (Å²) >= 11 is 0. The second kappa shape index (κ2) is 3.92. The Bertz CT molecular complexity index is 629. The molecular formula is C16H22NSi+. The van der Waals surface area contributed by atoms with Gasteiger partial charge in [0.15, 0.2) is 11.9 Å². The molecule has 0 N–H and O–H groups in total. The van der Waals surface area contributed by atoms with Crippen LogP contribution >= 0.6 is 0 Å². The summed E-state index contributed by atoms with van der Waals surface area (Å²) in [7, 11) is 1.03. The van der Waals surface area contributed by atoms with Crippen molar-refractivity contribution in [1.29, 1.82) is 0 Å². The van der Waals surface area contributed by atoms with Gasteiger partial charge in [0.05, 0.1) is 8.07 Å². The third-order valence-electron chi connectivity index (χ3n) is 4.57. The largest absolute Gasteiger partial charge is 0.205 e. The molecule has 0 radical (unpaired) electrons. The maximum atomic E-state index is 2.51. The van der Waals surface area contributed by atoms with E-state index in [0.717, 1.165) is 6.42 Å². The van der Waals surface area contributed by atoms with Crippen molar-refractivity contribution in [3.05, 3.63) is 35.7 Å². The van der Waals surface area contributed by atoms with Gasteiger partial charge in [-0.05, 0) is 29.5 Å². The van der Waals surface area contributed by atoms with Gasteiger partial charge in [-0.3, -0.25) is 0 Å². The topological polar surface area (TPSA) is 3.88 Å². The first-order chi connectivity index (χ1) is 8.53. The highest BCUT2D eigenvalue weighted by Gasteiger charge is 2.32. The van der Waals surface area contributed by atoms with Crippen molar-refractivity contribution in [2.24, 2.45) is 7.05 Å². The molecule has 0 aliphatic carbocycles. The fourth-order valence-corrected chi connectivity index (χ4v) is 6.16. The van der Waals surface area contributed by atoms with Crippen molar-refractivity contribution >= 4 is 24.0 Å². The number of nitrogens with zero attached hydrogens (tertiary/aromatic N) is 1. The highest BCUT2D eigenvalue weighted by molar-refractivity contribution is 6.91. The molecule has 0 spiro atoms. The molecule has 0 atom stereocenters. The van der Waals surface area contributed by atoms with Crippen LogP contribution in [-0.2, 0) is 19.9 Å². The molecule has 3 rings (SSSR count). The number of hydrogen-bond donors (Lipinski definition) is 0. The van der Waals surface area contributed by atoms with E-state index in [1.54, 1.807) is 10.8 Å². The lowest BCUT2D eigenvalue weighted by molar-refractivity contribution is -0.677. The van der Waals surface area contributed by atoms with Gasteiger partial charge in [0.2, 0.25) is 0 Å². The molecule has 1 nitrogen and oxygen atoms in total. The average molecular weight is 256 g/mol. The van der Waals surface area contributed by atoms with Crippen molar-refractivity contribution in [3.63, 3.8) is 0 Å². The Hall–Kier alpha value is -1.15. The summed E-state index contributed by atoms with van der Waals surface area (Å²) in [6, 6.07) is 8.66. The molecule has 1 aromatic heterocycles. The summed E-state index contributed by atoms with van der Waals surface area (Å²) in [5.74, 6) is 0. The lowest BCUT2D eigenvalue weighted by Gasteiger charge is -2.16. The van der Waals surface area contributed by atoms with Gasteiger partial charge < -0.3 is 0 Å². The third-order valence-corrected chi connectivity index (χ3v) is 8.00. The molecule has 0 saturated carbocycles. The Morgan fingerprint density at radius 1 is 1.28 bits per heavy atom. The molecule has 0 fully saturated rings. The molecule has 1 aromatic carbocycles. The summed E-state index contributed by atoms with van der Waals surface area (Å²) in [5, 5.41) is 4.60. The van der Waals surface area contributed by atoms with Gasteiger partial charge in [-0.2, -0.15) is 0 Å². The van der Waals surface area contributed by atoms with Gasteiger partial charge >= 0.3 is 0 Å². The summed E-state index contributed by atoms with van der Waals surface area (Å²) in [4.78, 5) is 0. The van der Waals surface area contributed by atoms with Crippen LogP contribution in [-0.4, -0.2) is 8.07 Å². The van der Waals surface area contributed by atoms with Crippen LogP contribution in [0.4, 0.5) is 0 Å². The van der Waals surface area contributed by atoms with Crippen molar-refractivity contribution in [2.45, 2.75) is 38.9 Å². The highest BCUT2D eigenvalue weighted by Crippen LogP contribution is 2.27. The fraction of sp³-hybridized carbons (Fsp3) is 0.438. The molecule has 0 saturated heterocycles. The monoisotopic (exact) mass is 256 g/mol. The Kier molecular flexibility index (Phi) is 2.59. The normalized spacial score (nSPS) is 17.1. The van der Waals surface area contributed by atoms with Crippen molar-refractivity contribution in [3.8, 4) is 0 Å². The number of hydrogen-bond acceptors (Lipinski definition) is 0. The van der Waals surface area contributed by atoms with Gasteiger partial charge in [0.25, 0.3) is 0 Å². The van der Waals surface area contributed by atoms with Crippen LogP contribution in [0.2, 0.25) is 19.1 Å². The van der Waals surface area contributed by atoms with Crippen LogP contribution in [0.25, 0.3) is 10.8 Å². The Morgan fingerprint density at radius 2 is 2.06 bits per heavy atom. The zero-order valence-corrected chi connectivity index (χ0v) is 12.9. The van der Waals surface area contributed by atoms with E-state index in [4.69, 9.17) is 0 Å². The van der Waals surface area contributed by atoms with Crippen LogP contribution in [0.15, 0.2) is 24.4 Å². The van der Waals surface area contributed by atoms with E-state index in [1.807, 2.05) is 0 Å². The molecule has 2 heterocycles. The number of pyridine rings is 1. The molecule has 1 aliphatic rings. The smallest absolute Gasteiger partial charge is 0.188 e. The van der Waals surface area contributed by atoms with Crippen molar-refractivity contribution in [1.82, 2.24) is 0 Å². The average Bonchev–Trinajstić information content (AvgIpc) is 2.63. The Balaban J connectivity index is 2.33. The number of aromatic nitrogens is 1. The van der Waals surface area contributed by atoms with Gasteiger partial charge in [-0.1, -0.05) is 31.3 Å². The molecule has 18 heavy (non-hydrogen) atoms. The molecule has 0 bridgehead atoms. The third kappa shape index (κ3) is 1.63. The van der Waals surface area contributed by atoms with E-state index >= 15 is 0 Å². The molecule has 2 heteroatoms. The van der Waals surface area contributed by atoms with E-state index in [9.17, 15) is 0 Å².